The van der Waals surface area contributed by atoms with Crippen LogP contribution in [0.1, 0.15) is 5.56 Å². The summed E-state index contributed by atoms with van der Waals surface area (Å²) in [4.78, 5) is 14.7. The Morgan fingerprint density at radius 2 is 1.86 bits per heavy atom. The van der Waals surface area contributed by atoms with Crippen LogP contribution in [0.15, 0.2) is 78.0 Å². The molecule has 1 N–H and O–H groups in total. The van der Waals surface area contributed by atoms with Crippen molar-refractivity contribution in [2.24, 2.45) is 0 Å². The van der Waals surface area contributed by atoms with Gasteiger partial charge in [-0.05, 0) is 36.8 Å². The molecular weight excluding hydrogens is 392 g/mol. The average Bonchev–Trinajstić information content (AvgIpc) is 3.14. The van der Waals surface area contributed by atoms with Crippen LogP contribution in [0.25, 0.3) is 16.9 Å². The third-order valence-electron chi connectivity index (χ3n) is 4.43. The van der Waals surface area contributed by atoms with Crippen molar-refractivity contribution >= 4 is 27.0 Å². The number of fused-ring (bicyclic) bond motifs is 1. The zero-order chi connectivity index (χ0) is 20.6. The van der Waals surface area contributed by atoms with E-state index in [4.69, 9.17) is 0 Å². The van der Waals surface area contributed by atoms with Crippen molar-refractivity contribution in [2.45, 2.75) is 11.8 Å². The minimum absolute atomic E-state index is 0.180. The normalized spacial score (nSPS) is 11.5. The maximum Gasteiger partial charge on any atom is 0.270 e. The summed E-state index contributed by atoms with van der Waals surface area (Å²) in [5.74, 6) is 0. The molecule has 0 bridgehead atoms. The van der Waals surface area contributed by atoms with Crippen molar-refractivity contribution < 1.29 is 13.3 Å². The standard InChI is InChI=1S/C20H16N4O4S/c1-14-5-4-10-23-13-19(21-20(14)23)15-6-2-7-16(11-15)22-29(27,28)18-9-3-8-17(12-18)24(25)26/h2-13,22H,1H3. The molecule has 0 aliphatic carbocycles. The van der Waals surface area contributed by atoms with E-state index in [0.717, 1.165) is 22.8 Å². The van der Waals surface area contributed by atoms with Gasteiger partial charge in [-0.2, -0.15) is 0 Å². The molecule has 8 nitrogen and oxygen atoms in total. The van der Waals surface area contributed by atoms with E-state index in [1.54, 1.807) is 18.2 Å². The zero-order valence-electron chi connectivity index (χ0n) is 15.3. The van der Waals surface area contributed by atoms with Crippen molar-refractivity contribution in [1.29, 1.82) is 0 Å². The van der Waals surface area contributed by atoms with Crippen LogP contribution in [0.2, 0.25) is 0 Å². The molecule has 0 aliphatic rings. The summed E-state index contributed by atoms with van der Waals surface area (Å²) < 4.78 is 29.7. The Morgan fingerprint density at radius 1 is 1.07 bits per heavy atom. The number of sulfonamides is 1. The fourth-order valence-corrected chi connectivity index (χ4v) is 4.10. The van der Waals surface area contributed by atoms with Crippen LogP contribution in [0.3, 0.4) is 0 Å². The number of imidazole rings is 1. The lowest BCUT2D eigenvalue weighted by atomic mass is 10.1. The van der Waals surface area contributed by atoms with Gasteiger partial charge in [0.25, 0.3) is 15.7 Å². The van der Waals surface area contributed by atoms with E-state index >= 15 is 0 Å². The van der Waals surface area contributed by atoms with Crippen LogP contribution in [-0.4, -0.2) is 22.7 Å². The number of hydrogen-bond donors (Lipinski definition) is 1. The summed E-state index contributed by atoms with van der Waals surface area (Å²) in [7, 11) is -3.98. The van der Waals surface area contributed by atoms with Gasteiger partial charge in [0.15, 0.2) is 0 Å². The summed E-state index contributed by atoms with van der Waals surface area (Å²) >= 11 is 0. The summed E-state index contributed by atoms with van der Waals surface area (Å²) in [6.07, 6.45) is 3.77. The number of hydrogen-bond acceptors (Lipinski definition) is 5. The highest BCUT2D eigenvalue weighted by molar-refractivity contribution is 7.92. The lowest BCUT2D eigenvalue weighted by Gasteiger charge is -2.09. The number of nitrogens with one attached hydrogen (secondary N) is 1. The van der Waals surface area contributed by atoms with Crippen molar-refractivity contribution in [3.05, 3.63) is 88.7 Å². The van der Waals surface area contributed by atoms with Gasteiger partial charge in [0.1, 0.15) is 5.65 Å². The maximum absolute atomic E-state index is 12.7. The molecule has 9 heteroatoms. The number of nitrogens with zero attached hydrogens (tertiary/aromatic N) is 3. The number of benzene rings is 2. The predicted octanol–water partition coefficient (Wildman–Crippen LogP) is 4.02. The number of anilines is 1. The van der Waals surface area contributed by atoms with Gasteiger partial charge in [-0.15, -0.1) is 0 Å². The Hall–Kier alpha value is -3.72. The molecule has 0 radical (unpaired) electrons. The fourth-order valence-electron chi connectivity index (χ4n) is 3.01. The lowest BCUT2D eigenvalue weighted by Crippen LogP contribution is -2.13. The molecule has 0 fully saturated rings. The van der Waals surface area contributed by atoms with E-state index in [2.05, 4.69) is 9.71 Å². The molecule has 4 aromatic rings. The van der Waals surface area contributed by atoms with E-state index in [0.29, 0.717) is 11.4 Å². The van der Waals surface area contributed by atoms with Crippen LogP contribution in [0.4, 0.5) is 11.4 Å². The van der Waals surface area contributed by atoms with Crippen molar-refractivity contribution in [3.63, 3.8) is 0 Å². The fraction of sp³-hybridized carbons (Fsp3) is 0.0500. The van der Waals surface area contributed by atoms with Crippen molar-refractivity contribution in [3.8, 4) is 11.3 Å². The van der Waals surface area contributed by atoms with E-state index in [9.17, 15) is 18.5 Å². The minimum atomic E-state index is -3.98. The topological polar surface area (TPSA) is 107 Å². The SMILES string of the molecule is Cc1cccn2cc(-c3cccc(NS(=O)(=O)c4cccc([N+](=O)[O-])c4)c3)nc12. The summed E-state index contributed by atoms with van der Waals surface area (Å²) in [6.45, 7) is 1.97. The first-order valence-electron chi connectivity index (χ1n) is 8.65. The van der Waals surface area contributed by atoms with Gasteiger partial charge in [-0.3, -0.25) is 14.8 Å². The van der Waals surface area contributed by atoms with Crippen LogP contribution >= 0.6 is 0 Å². The monoisotopic (exact) mass is 408 g/mol. The Kier molecular flexibility index (Phi) is 4.51. The van der Waals surface area contributed by atoms with Crippen LogP contribution in [0, 0.1) is 17.0 Å². The summed E-state index contributed by atoms with van der Waals surface area (Å²) in [5, 5.41) is 10.9. The number of aromatic nitrogens is 2. The first-order valence-corrected chi connectivity index (χ1v) is 10.1. The number of pyridine rings is 1. The van der Waals surface area contributed by atoms with E-state index in [1.807, 2.05) is 41.9 Å². The van der Waals surface area contributed by atoms with Gasteiger partial charge in [-0.25, -0.2) is 13.4 Å². The summed E-state index contributed by atoms with van der Waals surface area (Å²) in [6, 6.07) is 15.6. The second-order valence-electron chi connectivity index (χ2n) is 6.49. The third kappa shape index (κ3) is 3.67. The van der Waals surface area contributed by atoms with Crippen LogP contribution in [-0.2, 0) is 10.0 Å². The molecule has 146 valence electrons. The smallest absolute Gasteiger partial charge is 0.270 e. The minimum Gasteiger partial charge on any atom is -0.306 e. The van der Waals surface area contributed by atoms with Crippen molar-refractivity contribution in [1.82, 2.24) is 9.38 Å². The first kappa shape index (κ1) is 18.6. The molecule has 29 heavy (non-hydrogen) atoms. The second-order valence-corrected chi connectivity index (χ2v) is 8.17. The second kappa shape index (κ2) is 7.02. The van der Waals surface area contributed by atoms with Gasteiger partial charge in [0.2, 0.25) is 0 Å². The highest BCUT2D eigenvalue weighted by atomic mass is 32.2. The summed E-state index contributed by atoms with van der Waals surface area (Å²) in [5.41, 5.74) is 3.35. The largest absolute Gasteiger partial charge is 0.306 e. The molecule has 0 atom stereocenters. The number of nitro groups is 1. The lowest BCUT2D eigenvalue weighted by molar-refractivity contribution is -0.385. The quantitative estimate of drug-likeness (QED) is 0.396. The van der Waals surface area contributed by atoms with Gasteiger partial charge < -0.3 is 4.40 Å². The molecule has 2 heterocycles. The molecule has 0 aliphatic heterocycles. The Bertz CT molecular complexity index is 1350. The number of non-ortho nitro benzene ring substituents is 1. The van der Waals surface area contributed by atoms with Crippen LogP contribution in [0.5, 0.6) is 0 Å². The molecule has 0 saturated heterocycles. The Morgan fingerprint density at radius 3 is 2.62 bits per heavy atom. The van der Waals surface area contributed by atoms with Gasteiger partial charge >= 0.3 is 0 Å². The molecule has 0 saturated carbocycles. The molecule has 0 amide bonds. The van der Waals surface area contributed by atoms with Crippen molar-refractivity contribution in [2.75, 3.05) is 4.72 Å². The highest BCUT2D eigenvalue weighted by Crippen LogP contribution is 2.25. The Balaban J connectivity index is 1.67. The van der Waals surface area contributed by atoms with Gasteiger partial charge in [-0.1, -0.05) is 24.3 Å². The zero-order valence-corrected chi connectivity index (χ0v) is 16.1. The highest BCUT2D eigenvalue weighted by Gasteiger charge is 2.18. The van der Waals surface area contributed by atoms with E-state index in [1.165, 1.54) is 18.2 Å². The molecule has 2 aromatic carbocycles. The number of rotatable bonds is 5. The van der Waals surface area contributed by atoms with E-state index in [-0.39, 0.29) is 10.6 Å². The average molecular weight is 408 g/mol. The molecule has 0 spiro atoms. The number of nitro benzene ring substituents is 1. The maximum atomic E-state index is 12.7. The predicted molar refractivity (Wildman–Crippen MR) is 109 cm³/mol. The molecule has 0 unspecified atom stereocenters. The third-order valence-corrected chi connectivity index (χ3v) is 5.81. The molecule has 4 rings (SSSR count). The van der Waals surface area contributed by atoms with Crippen LogP contribution < -0.4 is 4.72 Å². The first-order chi connectivity index (χ1) is 13.8. The molecule has 2 aromatic heterocycles. The molecular formula is C20H16N4O4S. The van der Waals surface area contributed by atoms with E-state index < -0.39 is 14.9 Å². The number of aryl methyl sites for hydroxylation is 1. The van der Waals surface area contributed by atoms with Gasteiger partial charge in [0.05, 0.1) is 15.5 Å². The Labute approximate surface area is 166 Å². The van der Waals surface area contributed by atoms with Gasteiger partial charge in [0, 0.05) is 35.8 Å².